The second-order valence-electron chi connectivity index (χ2n) is 6.54. The summed E-state index contributed by atoms with van der Waals surface area (Å²) in [4.78, 5) is 14.3. The Bertz CT molecular complexity index is 930. The number of nitrogens with zero attached hydrogens (tertiary/aromatic N) is 1. The fourth-order valence-corrected chi connectivity index (χ4v) is 3.83. The fraction of sp³-hybridized carbons (Fsp3) is 0.350. The van der Waals surface area contributed by atoms with E-state index in [1.807, 2.05) is 13.0 Å². The molecule has 1 atom stereocenters. The van der Waals surface area contributed by atoms with E-state index in [0.29, 0.717) is 35.2 Å². The van der Waals surface area contributed by atoms with Crippen LogP contribution in [0.25, 0.3) is 0 Å². The molecule has 28 heavy (non-hydrogen) atoms. The minimum atomic E-state index is -3.22. The minimum Gasteiger partial charge on any atom is -0.494 e. The lowest BCUT2D eigenvalue weighted by molar-refractivity contribution is -0.132. The third-order valence-electron chi connectivity index (χ3n) is 4.44. The highest BCUT2D eigenvalue weighted by Gasteiger charge is 2.19. The molecule has 0 aliphatic rings. The minimum absolute atomic E-state index is 0.0189. The van der Waals surface area contributed by atoms with Gasteiger partial charge in [0.2, 0.25) is 5.91 Å². The van der Waals surface area contributed by atoms with Crippen LogP contribution in [0.1, 0.15) is 31.4 Å². The topological polar surface area (TPSA) is 63.7 Å². The molecule has 1 unspecified atom stereocenters. The SMILES string of the molecule is CC(c1ccc(Cl)cc1Cl)N(C)C(=O)CCCOc1ccc(S(C)(=O)=O)cc1. The third-order valence-corrected chi connectivity index (χ3v) is 6.13. The van der Waals surface area contributed by atoms with Crippen molar-refractivity contribution < 1.29 is 17.9 Å². The van der Waals surface area contributed by atoms with Crippen molar-refractivity contribution in [1.82, 2.24) is 4.90 Å². The molecule has 0 radical (unpaired) electrons. The summed E-state index contributed by atoms with van der Waals surface area (Å²) in [5.74, 6) is 0.545. The number of amides is 1. The first-order valence-corrected chi connectivity index (χ1v) is 11.4. The molecular formula is C20H23Cl2NO4S. The first-order chi connectivity index (χ1) is 13.1. The predicted octanol–water partition coefficient (Wildman–Crippen LogP) is 4.78. The van der Waals surface area contributed by atoms with Gasteiger partial charge in [0.1, 0.15) is 5.75 Å². The highest BCUT2D eigenvalue weighted by molar-refractivity contribution is 7.90. The third kappa shape index (κ3) is 6.12. The Labute approximate surface area is 176 Å². The van der Waals surface area contributed by atoms with Gasteiger partial charge in [0.25, 0.3) is 0 Å². The van der Waals surface area contributed by atoms with Gasteiger partial charge >= 0.3 is 0 Å². The molecule has 0 fully saturated rings. The molecule has 152 valence electrons. The molecule has 0 saturated carbocycles. The molecule has 0 bridgehead atoms. The molecule has 0 spiro atoms. The van der Waals surface area contributed by atoms with Crippen LogP contribution in [0.4, 0.5) is 0 Å². The van der Waals surface area contributed by atoms with Crippen LogP contribution in [0.5, 0.6) is 5.75 Å². The van der Waals surface area contributed by atoms with Crippen molar-refractivity contribution in [3.63, 3.8) is 0 Å². The van der Waals surface area contributed by atoms with Crippen molar-refractivity contribution in [2.24, 2.45) is 0 Å². The van der Waals surface area contributed by atoms with E-state index in [0.717, 1.165) is 11.8 Å². The number of halogens is 2. The van der Waals surface area contributed by atoms with E-state index in [-0.39, 0.29) is 16.8 Å². The summed E-state index contributed by atoms with van der Waals surface area (Å²) in [6.07, 6.45) is 2.02. The van der Waals surface area contributed by atoms with E-state index in [9.17, 15) is 13.2 Å². The second kappa shape index (κ2) is 9.63. The quantitative estimate of drug-likeness (QED) is 0.550. The van der Waals surface area contributed by atoms with Gasteiger partial charge in [-0.25, -0.2) is 8.42 Å². The number of hydrogen-bond donors (Lipinski definition) is 0. The Morgan fingerprint density at radius 3 is 2.36 bits per heavy atom. The number of ether oxygens (including phenoxy) is 1. The number of sulfone groups is 1. The Morgan fingerprint density at radius 1 is 1.14 bits per heavy atom. The van der Waals surface area contributed by atoms with Gasteiger partial charge in [0.15, 0.2) is 9.84 Å². The van der Waals surface area contributed by atoms with Gasteiger partial charge in [-0.05, 0) is 55.3 Å². The fourth-order valence-electron chi connectivity index (χ4n) is 2.64. The number of carbonyl (C=O) groups is 1. The zero-order chi connectivity index (χ0) is 20.9. The molecule has 0 N–H and O–H groups in total. The largest absolute Gasteiger partial charge is 0.494 e. The van der Waals surface area contributed by atoms with E-state index in [1.165, 1.54) is 12.1 Å². The van der Waals surface area contributed by atoms with Crippen LogP contribution >= 0.6 is 23.2 Å². The highest BCUT2D eigenvalue weighted by Crippen LogP contribution is 2.29. The van der Waals surface area contributed by atoms with Crippen molar-refractivity contribution in [3.8, 4) is 5.75 Å². The molecule has 0 aliphatic heterocycles. The van der Waals surface area contributed by atoms with E-state index in [4.69, 9.17) is 27.9 Å². The van der Waals surface area contributed by atoms with Crippen LogP contribution in [-0.4, -0.2) is 39.1 Å². The summed E-state index contributed by atoms with van der Waals surface area (Å²) in [6.45, 7) is 2.26. The summed E-state index contributed by atoms with van der Waals surface area (Å²) >= 11 is 12.1. The summed E-state index contributed by atoms with van der Waals surface area (Å²) in [5.41, 5.74) is 0.837. The normalized spacial score (nSPS) is 12.5. The summed E-state index contributed by atoms with van der Waals surface area (Å²) < 4.78 is 28.5. The number of carbonyl (C=O) groups excluding carboxylic acids is 1. The zero-order valence-electron chi connectivity index (χ0n) is 16.0. The van der Waals surface area contributed by atoms with Crippen molar-refractivity contribution in [3.05, 3.63) is 58.1 Å². The van der Waals surface area contributed by atoms with Gasteiger partial charge < -0.3 is 9.64 Å². The average molecular weight is 444 g/mol. The first kappa shape index (κ1) is 22.5. The summed E-state index contributed by atoms with van der Waals surface area (Å²) in [6, 6.07) is 11.3. The number of benzene rings is 2. The maximum atomic E-state index is 12.4. The zero-order valence-corrected chi connectivity index (χ0v) is 18.3. The van der Waals surface area contributed by atoms with Crippen molar-refractivity contribution in [2.75, 3.05) is 19.9 Å². The van der Waals surface area contributed by atoms with Gasteiger partial charge in [-0.15, -0.1) is 0 Å². The predicted molar refractivity (Wildman–Crippen MR) is 112 cm³/mol. The van der Waals surface area contributed by atoms with E-state index in [1.54, 1.807) is 36.2 Å². The number of hydrogen-bond acceptors (Lipinski definition) is 4. The van der Waals surface area contributed by atoms with Crippen LogP contribution in [0.15, 0.2) is 47.4 Å². The molecule has 2 rings (SSSR count). The lowest BCUT2D eigenvalue weighted by Crippen LogP contribution is -2.29. The molecule has 0 saturated heterocycles. The lowest BCUT2D eigenvalue weighted by Gasteiger charge is -2.26. The van der Waals surface area contributed by atoms with E-state index in [2.05, 4.69) is 0 Å². The Morgan fingerprint density at radius 2 is 1.79 bits per heavy atom. The maximum Gasteiger partial charge on any atom is 0.222 e. The van der Waals surface area contributed by atoms with Gasteiger partial charge in [-0.1, -0.05) is 29.3 Å². The van der Waals surface area contributed by atoms with Gasteiger partial charge in [0, 0.05) is 29.8 Å². The second-order valence-corrected chi connectivity index (χ2v) is 9.40. The molecule has 0 aliphatic carbocycles. The smallest absolute Gasteiger partial charge is 0.222 e. The molecule has 5 nitrogen and oxygen atoms in total. The first-order valence-electron chi connectivity index (χ1n) is 8.73. The molecule has 2 aromatic carbocycles. The van der Waals surface area contributed by atoms with Gasteiger partial charge in [0.05, 0.1) is 17.5 Å². The average Bonchev–Trinajstić information content (AvgIpc) is 2.63. The van der Waals surface area contributed by atoms with Crippen molar-refractivity contribution >= 4 is 38.9 Å². The van der Waals surface area contributed by atoms with E-state index < -0.39 is 9.84 Å². The van der Waals surface area contributed by atoms with Crippen LogP contribution in [0.2, 0.25) is 10.0 Å². The standard InChI is InChI=1S/C20H23Cl2NO4S/c1-14(18-11-6-15(21)13-19(18)22)23(2)20(24)5-4-12-27-16-7-9-17(10-8-16)28(3,25)26/h6-11,13-14H,4-5,12H2,1-3H3. The Balaban J connectivity index is 1.83. The van der Waals surface area contributed by atoms with Crippen LogP contribution < -0.4 is 4.74 Å². The van der Waals surface area contributed by atoms with Crippen molar-refractivity contribution in [2.45, 2.75) is 30.7 Å². The maximum absolute atomic E-state index is 12.4. The highest BCUT2D eigenvalue weighted by atomic mass is 35.5. The van der Waals surface area contributed by atoms with Gasteiger partial charge in [-0.3, -0.25) is 4.79 Å². The Hall–Kier alpha value is -1.76. The molecule has 1 amide bonds. The number of rotatable bonds is 8. The summed E-state index contributed by atoms with van der Waals surface area (Å²) in [7, 11) is -1.49. The van der Waals surface area contributed by atoms with Crippen LogP contribution in [0.3, 0.4) is 0 Å². The molecule has 2 aromatic rings. The molecule has 0 heterocycles. The molecular weight excluding hydrogens is 421 g/mol. The van der Waals surface area contributed by atoms with Crippen LogP contribution in [-0.2, 0) is 14.6 Å². The molecule has 8 heteroatoms. The Kier molecular flexibility index (Phi) is 7.75. The molecule has 0 aromatic heterocycles. The van der Waals surface area contributed by atoms with Crippen LogP contribution in [0, 0.1) is 0 Å². The van der Waals surface area contributed by atoms with E-state index >= 15 is 0 Å². The summed E-state index contributed by atoms with van der Waals surface area (Å²) in [5, 5.41) is 1.08. The van der Waals surface area contributed by atoms with Gasteiger partial charge in [-0.2, -0.15) is 0 Å². The monoisotopic (exact) mass is 443 g/mol. The lowest BCUT2D eigenvalue weighted by atomic mass is 10.1. The van der Waals surface area contributed by atoms with Crippen molar-refractivity contribution in [1.29, 1.82) is 0 Å².